The number of anilines is 1. The van der Waals surface area contributed by atoms with E-state index in [9.17, 15) is 14.4 Å². The van der Waals surface area contributed by atoms with Crippen molar-refractivity contribution in [1.29, 1.82) is 0 Å². The van der Waals surface area contributed by atoms with E-state index in [4.69, 9.17) is 4.74 Å². The highest BCUT2D eigenvalue weighted by Crippen LogP contribution is 2.23. The number of amides is 2. The van der Waals surface area contributed by atoms with E-state index in [1.165, 1.54) is 4.90 Å². The van der Waals surface area contributed by atoms with Crippen LogP contribution in [0, 0.1) is 5.92 Å². The Morgan fingerprint density at radius 2 is 1.85 bits per heavy atom. The lowest BCUT2D eigenvalue weighted by atomic mass is 9.87. The van der Waals surface area contributed by atoms with Crippen LogP contribution in [0.5, 0.6) is 0 Å². The zero-order valence-corrected chi connectivity index (χ0v) is 16.0. The number of esters is 1. The van der Waals surface area contributed by atoms with E-state index in [-0.39, 0.29) is 23.8 Å². The van der Waals surface area contributed by atoms with E-state index >= 15 is 0 Å². The summed E-state index contributed by atoms with van der Waals surface area (Å²) >= 11 is 0. The average Bonchev–Trinajstić information content (AvgIpc) is 2.61. The molecule has 0 spiro atoms. The van der Waals surface area contributed by atoms with Crippen molar-refractivity contribution >= 4 is 23.5 Å². The third-order valence-corrected chi connectivity index (χ3v) is 4.53. The smallest absolute Gasteiger partial charge is 0.313 e. The van der Waals surface area contributed by atoms with Crippen LogP contribution in [0.1, 0.15) is 46.1 Å². The first-order valence-electron chi connectivity index (χ1n) is 9.09. The highest BCUT2D eigenvalue weighted by Gasteiger charge is 2.32. The van der Waals surface area contributed by atoms with Crippen LogP contribution in [-0.4, -0.2) is 42.4 Å². The molecule has 1 aromatic carbocycles. The lowest BCUT2D eigenvalue weighted by Crippen LogP contribution is -2.47. The molecule has 0 bridgehead atoms. The number of ether oxygens (including phenoxy) is 1. The first-order valence-corrected chi connectivity index (χ1v) is 9.09. The molecule has 0 aliphatic carbocycles. The van der Waals surface area contributed by atoms with Gasteiger partial charge in [0.15, 0.2) is 0 Å². The Balaban J connectivity index is 1.96. The van der Waals surface area contributed by atoms with Crippen LogP contribution in [0.2, 0.25) is 0 Å². The lowest BCUT2D eigenvalue weighted by Gasteiger charge is -2.31. The van der Waals surface area contributed by atoms with E-state index in [0.717, 1.165) is 5.56 Å². The van der Waals surface area contributed by atoms with Gasteiger partial charge in [-0.3, -0.25) is 14.4 Å². The number of carbonyl (C=O) groups excluding carboxylic acids is 3. The van der Waals surface area contributed by atoms with Gasteiger partial charge in [0.25, 0.3) is 0 Å². The van der Waals surface area contributed by atoms with Crippen molar-refractivity contribution in [1.82, 2.24) is 4.90 Å². The topological polar surface area (TPSA) is 75.7 Å². The zero-order valence-electron chi connectivity index (χ0n) is 16.0. The zero-order chi connectivity index (χ0) is 19.3. The third kappa shape index (κ3) is 5.07. The molecule has 1 unspecified atom stereocenters. The summed E-state index contributed by atoms with van der Waals surface area (Å²) in [7, 11) is 0. The molecule has 1 heterocycles. The Morgan fingerprint density at radius 3 is 2.42 bits per heavy atom. The summed E-state index contributed by atoms with van der Waals surface area (Å²) in [6.45, 7) is 9.11. The summed E-state index contributed by atoms with van der Waals surface area (Å²) in [6.07, 6.45) is 1.36. The predicted molar refractivity (Wildman–Crippen MR) is 99.7 cm³/mol. The molecule has 1 saturated heterocycles. The van der Waals surface area contributed by atoms with Crippen molar-refractivity contribution in [2.75, 3.05) is 25.0 Å². The molecule has 1 aliphatic heterocycles. The van der Waals surface area contributed by atoms with Gasteiger partial charge in [-0.25, -0.2) is 0 Å². The largest absolute Gasteiger partial charge is 0.466 e. The quantitative estimate of drug-likeness (QED) is 0.664. The van der Waals surface area contributed by atoms with Gasteiger partial charge >= 0.3 is 17.8 Å². The molecule has 6 heteroatoms. The second-order valence-electron chi connectivity index (χ2n) is 7.62. The minimum absolute atomic E-state index is 0.0221. The molecule has 142 valence electrons. The average molecular weight is 360 g/mol. The van der Waals surface area contributed by atoms with Gasteiger partial charge in [0.2, 0.25) is 0 Å². The number of carbonyl (C=O) groups is 3. The maximum Gasteiger partial charge on any atom is 0.313 e. The molecule has 0 aromatic heterocycles. The maximum atomic E-state index is 12.4. The first-order chi connectivity index (χ1) is 12.2. The van der Waals surface area contributed by atoms with E-state index in [1.54, 1.807) is 19.1 Å². The summed E-state index contributed by atoms with van der Waals surface area (Å²) in [5, 5.41) is 2.64. The summed E-state index contributed by atoms with van der Waals surface area (Å²) < 4.78 is 5.03. The van der Waals surface area contributed by atoms with Crippen LogP contribution in [0.4, 0.5) is 5.69 Å². The molecule has 1 fully saturated rings. The third-order valence-electron chi connectivity index (χ3n) is 4.53. The molecule has 26 heavy (non-hydrogen) atoms. The first kappa shape index (κ1) is 19.9. The summed E-state index contributed by atoms with van der Waals surface area (Å²) in [6, 6.07) is 7.47. The second kappa shape index (κ2) is 8.34. The standard InChI is InChI=1S/C20H28N2O4/c1-5-26-19(25)14-7-6-12-22(13-14)18(24)17(23)21-16-10-8-15(9-11-16)20(2,3)4/h8-11,14H,5-7,12-13H2,1-4H3,(H,21,23). The van der Waals surface area contributed by atoms with Crippen LogP contribution in [0.15, 0.2) is 24.3 Å². The van der Waals surface area contributed by atoms with Gasteiger partial charge in [-0.2, -0.15) is 0 Å². The van der Waals surface area contributed by atoms with Gasteiger partial charge in [0.05, 0.1) is 12.5 Å². The number of rotatable bonds is 3. The number of hydrogen-bond donors (Lipinski definition) is 1. The highest BCUT2D eigenvalue weighted by molar-refractivity contribution is 6.39. The normalized spacial score (nSPS) is 17.5. The van der Waals surface area contributed by atoms with E-state index in [1.807, 2.05) is 12.1 Å². The van der Waals surface area contributed by atoms with E-state index in [0.29, 0.717) is 31.7 Å². The van der Waals surface area contributed by atoms with Crippen LogP contribution in [0.3, 0.4) is 0 Å². The van der Waals surface area contributed by atoms with Crippen molar-refractivity contribution in [2.24, 2.45) is 5.92 Å². The van der Waals surface area contributed by atoms with Crippen molar-refractivity contribution < 1.29 is 19.1 Å². The molecule has 2 amide bonds. The molecule has 1 aromatic rings. The van der Waals surface area contributed by atoms with Crippen LogP contribution >= 0.6 is 0 Å². The molecular formula is C20H28N2O4. The lowest BCUT2D eigenvalue weighted by molar-refractivity contribution is -0.153. The van der Waals surface area contributed by atoms with Crippen molar-refractivity contribution in [3.63, 3.8) is 0 Å². The Hall–Kier alpha value is -2.37. The van der Waals surface area contributed by atoms with Crippen LogP contribution in [0.25, 0.3) is 0 Å². The Bertz CT molecular complexity index is 661. The van der Waals surface area contributed by atoms with Gasteiger partial charge in [-0.05, 0) is 42.9 Å². The Kier molecular flexibility index (Phi) is 6.40. The fraction of sp³-hybridized carbons (Fsp3) is 0.550. The van der Waals surface area contributed by atoms with E-state index in [2.05, 4.69) is 26.1 Å². The maximum absolute atomic E-state index is 12.4. The van der Waals surface area contributed by atoms with Gasteiger partial charge in [0, 0.05) is 18.8 Å². The van der Waals surface area contributed by atoms with Crippen molar-refractivity contribution in [3.8, 4) is 0 Å². The number of piperidine rings is 1. The van der Waals surface area contributed by atoms with E-state index < -0.39 is 11.8 Å². The van der Waals surface area contributed by atoms with Gasteiger partial charge in [0.1, 0.15) is 0 Å². The van der Waals surface area contributed by atoms with Crippen molar-refractivity contribution in [3.05, 3.63) is 29.8 Å². The van der Waals surface area contributed by atoms with Crippen LogP contribution in [-0.2, 0) is 24.5 Å². The number of nitrogens with zero attached hydrogens (tertiary/aromatic N) is 1. The SMILES string of the molecule is CCOC(=O)C1CCCN(C(=O)C(=O)Nc2ccc(C(C)(C)C)cc2)C1. The molecule has 1 atom stereocenters. The molecule has 0 saturated carbocycles. The summed E-state index contributed by atoms with van der Waals surface area (Å²) in [5.74, 6) is -1.95. The molecule has 0 radical (unpaired) electrons. The monoisotopic (exact) mass is 360 g/mol. The Morgan fingerprint density at radius 1 is 1.19 bits per heavy atom. The second-order valence-corrected chi connectivity index (χ2v) is 7.62. The molecular weight excluding hydrogens is 332 g/mol. The molecule has 1 N–H and O–H groups in total. The van der Waals surface area contributed by atoms with Gasteiger partial charge < -0.3 is 15.0 Å². The summed E-state index contributed by atoms with van der Waals surface area (Å²) in [5.41, 5.74) is 1.75. The minimum Gasteiger partial charge on any atom is -0.466 e. The number of hydrogen-bond acceptors (Lipinski definition) is 4. The summed E-state index contributed by atoms with van der Waals surface area (Å²) in [4.78, 5) is 38.0. The molecule has 2 rings (SSSR count). The Labute approximate surface area is 154 Å². The minimum atomic E-state index is -0.682. The predicted octanol–water partition coefficient (Wildman–Crippen LogP) is 2.72. The van der Waals surface area contributed by atoms with Gasteiger partial charge in [-0.1, -0.05) is 32.9 Å². The number of benzene rings is 1. The van der Waals surface area contributed by atoms with Crippen LogP contribution < -0.4 is 5.32 Å². The number of likely N-dealkylation sites (tertiary alicyclic amines) is 1. The number of nitrogens with one attached hydrogen (secondary N) is 1. The fourth-order valence-electron chi connectivity index (χ4n) is 3.00. The van der Waals surface area contributed by atoms with Crippen molar-refractivity contribution in [2.45, 2.75) is 46.0 Å². The fourth-order valence-corrected chi connectivity index (χ4v) is 3.00. The molecule has 1 aliphatic rings. The molecule has 6 nitrogen and oxygen atoms in total. The highest BCUT2D eigenvalue weighted by atomic mass is 16.5. The van der Waals surface area contributed by atoms with Gasteiger partial charge in [-0.15, -0.1) is 0 Å².